The standard InChI is InChI=1S/C9H10O.C6H6O/c1-2-5-8-6-3-4-7-9(8)10;7-6-4-2-1-3-5-6/h2-4,6-7,10H,1,5H2;1-5,7H. The molecule has 2 heteroatoms. The van der Waals surface area contributed by atoms with Gasteiger partial charge in [0.1, 0.15) is 11.5 Å². The quantitative estimate of drug-likeness (QED) is 0.772. The van der Waals surface area contributed by atoms with Gasteiger partial charge in [0.05, 0.1) is 0 Å². The highest BCUT2D eigenvalue weighted by Gasteiger charge is 1.93. The first kappa shape index (κ1) is 12.8. The van der Waals surface area contributed by atoms with Gasteiger partial charge in [-0.3, -0.25) is 0 Å². The fourth-order valence-electron chi connectivity index (χ4n) is 1.27. The highest BCUT2D eigenvalue weighted by atomic mass is 16.3. The lowest BCUT2D eigenvalue weighted by Crippen LogP contribution is -1.79. The Balaban J connectivity index is 0.000000181. The van der Waals surface area contributed by atoms with Crippen LogP contribution in [-0.2, 0) is 6.42 Å². The average molecular weight is 228 g/mol. The van der Waals surface area contributed by atoms with Gasteiger partial charge < -0.3 is 10.2 Å². The van der Waals surface area contributed by atoms with Crippen molar-refractivity contribution in [3.63, 3.8) is 0 Å². The van der Waals surface area contributed by atoms with Gasteiger partial charge in [-0.2, -0.15) is 0 Å². The Morgan fingerprint density at radius 1 is 0.882 bits per heavy atom. The number of phenols is 2. The number of benzene rings is 2. The summed E-state index contributed by atoms with van der Waals surface area (Å²) in [7, 11) is 0. The van der Waals surface area contributed by atoms with E-state index in [0.29, 0.717) is 11.5 Å². The van der Waals surface area contributed by atoms with E-state index in [4.69, 9.17) is 5.11 Å². The van der Waals surface area contributed by atoms with Crippen LogP contribution in [0.1, 0.15) is 5.56 Å². The van der Waals surface area contributed by atoms with Gasteiger partial charge in [0.2, 0.25) is 0 Å². The fourth-order valence-corrected chi connectivity index (χ4v) is 1.27. The summed E-state index contributed by atoms with van der Waals surface area (Å²) in [5.74, 6) is 0.671. The highest BCUT2D eigenvalue weighted by molar-refractivity contribution is 5.32. The third kappa shape index (κ3) is 4.89. The number of rotatable bonds is 2. The van der Waals surface area contributed by atoms with Crippen LogP contribution >= 0.6 is 0 Å². The lowest BCUT2D eigenvalue weighted by molar-refractivity contribution is 0.469. The Morgan fingerprint density at radius 2 is 1.47 bits per heavy atom. The molecule has 0 radical (unpaired) electrons. The molecule has 0 spiro atoms. The number of allylic oxidation sites excluding steroid dienone is 1. The van der Waals surface area contributed by atoms with Crippen molar-refractivity contribution < 1.29 is 10.2 Å². The molecule has 0 aliphatic carbocycles. The summed E-state index contributed by atoms with van der Waals surface area (Å²) in [4.78, 5) is 0. The van der Waals surface area contributed by atoms with Crippen LogP contribution in [0.2, 0.25) is 0 Å². The fraction of sp³-hybridized carbons (Fsp3) is 0.0667. The summed E-state index contributed by atoms with van der Waals surface area (Å²) in [6.45, 7) is 3.59. The summed E-state index contributed by atoms with van der Waals surface area (Å²) in [6.07, 6.45) is 2.50. The first-order valence-corrected chi connectivity index (χ1v) is 5.36. The largest absolute Gasteiger partial charge is 0.508 e. The van der Waals surface area contributed by atoms with E-state index in [1.54, 1.807) is 36.4 Å². The third-order valence-corrected chi connectivity index (χ3v) is 2.11. The molecule has 0 aromatic heterocycles. The summed E-state index contributed by atoms with van der Waals surface area (Å²) in [5, 5.41) is 17.8. The molecule has 17 heavy (non-hydrogen) atoms. The predicted molar refractivity (Wildman–Crippen MR) is 70.1 cm³/mol. The molecule has 0 heterocycles. The van der Waals surface area contributed by atoms with Gasteiger partial charge in [0, 0.05) is 0 Å². The predicted octanol–water partition coefficient (Wildman–Crippen LogP) is 3.51. The minimum Gasteiger partial charge on any atom is -0.508 e. The molecule has 0 fully saturated rings. The summed E-state index contributed by atoms with van der Waals surface area (Å²) in [5.41, 5.74) is 0.928. The van der Waals surface area contributed by atoms with Crippen molar-refractivity contribution in [2.75, 3.05) is 0 Å². The van der Waals surface area contributed by atoms with Crippen molar-refractivity contribution in [2.24, 2.45) is 0 Å². The second kappa shape index (κ2) is 7.12. The lowest BCUT2D eigenvalue weighted by Gasteiger charge is -1.97. The van der Waals surface area contributed by atoms with Crippen LogP contribution in [-0.4, -0.2) is 10.2 Å². The monoisotopic (exact) mass is 228 g/mol. The zero-order valence-electron chi connectivity index (χ0n) is 9.58. The van der Waals surface area contributed by atoms with Crippen molar-refractivity contribution >= 4 is 0 Å². The van der Waals surface area contributed by atoms with Crippen molar-refractivity contribution in [1.29, 1.82) is 0 Å². The molecule has 2 rings (SSSR count). The van der Waals surface area contributed by atoms with Gasteiger partial charge in [0.25, 0.3) is 0 Å². The summed E-state index contributed by atoms with van der Waals surface area (Å²) in [6, 6.07) is 16.0. The van der Waals surface area contributed by atoms with E-state index in [0.717, 1.165) is 12.0 Å². The van der Waals surface area contributed by atoms with E-state index in [1.807, 2.05) is 24.3 Å². The highest BCUT2D eigenvalue weighted by Crippen LogP contribution is 2.15. The van der Waals surface area contributed by atoms with Gasteiger partial charge in [-0.1, -0.05) is 42.5 Å². The van der Waals surface area contributed by atoms with Crippen LogP contribution in [0.25, 0.3) is 0 Å². The van der Waals surface area contributed by atoms with Crippen LogP contribution in [0.4, 0.5) is 0 Å². The van der Waals surface area contributed by atoms with Gasteiger partial charge in [-0.15, -0.1) is 6.58 Å². The maximum absolute atomic E-state index is 9.19. The molecule has 2 nitrogen and oxygen atoms in total. The number of hydrogen-bond acceptors (Lipinski definition) is 2. The smallest absolute Gasteiger partial charge is 0.119 e. The SMILES string of the molecule is C=CCc1ccccc1O.Oc1ccccc1. The molecular weight excluding hydrogens is 212 g/mol. The van der Waals surface area contributed by atoms with Crippen LogP contribution in [0.15, 0.2) is 67.3 Å². The molecule has 0 atom stereocenters. The van der Waals surface area contributed by atoms with E-state index in [1.165, 1.54) is 0 Å². The Kier molecular flexibility index (Phi) is 5.38. The zero-order valence-corrected chi connectivity index (χ0v) is 9.58. The second-order valence-corrected chi connectivity index (χ2v) is 3.46. The maximum Gasteiger partial charge on any atom is 0.119 e. The molecule has 2 aromatic rings. The minimum absolute atomic E-state index is 0.322. The first-order chi connectivity index (χ1) is 8.24. The van der Waals surface area contributed by atoms with Crippen LogP contribution in [0.5, 0.6) is 11.5 Å². The molecule has 88 valence electrons. The normalized spacial score (nSPS) is 8.94. The van der Waals surface area contributed by atoms with Crippen molar-refractivity contribution in [2.45, 2.75) is 6.42 Å². The van der Waals surface area contributed by atoms with Crippen molar-refractivity contribution in [3.8, 4) is 11.5 Å². The molecule has 0 aliphatic heterocycles. The van der Waals surface area contributed by atoms with Gasteiger partial charge in [0.15, 0.2) is 0 Å². The van der Waals surface area contributed by atoms with Gasteiger partial charge in [-0.25, -0.2) is 0 Å². The van der Waals surface area contributed by atoms with E-state index in [9.17, 15) is 5.11 Å². The molecule has 0 bridgehead atoms. The minimum atomic E-state index is 0.322. The molecule has 2 aromatic carbocycles. The van der Waals surface area contributed by atoms with Crippen molar-refractivity contribution in [1.82, 2.24) is 0 Å². The molecule has 0 saturated carbocycles. The van der Waals surface area contributed by atoms with Crippen LogP contribution < -0.4 is 0 Å². The number of aromatic hydroxyl groups is 2. The molecular formula is C15H16O2. The Hall–Kier alpha value is -2.22. The average Bonchev–Trinajstić information content (AvgIpc) is 2.34. The second-order valence-electron chi connectivity index (χ2n) is 3.46. The van der Waals surface area contributed by atoms with E-state index in [2.05, 4.69) is 6.58 Å². The van der Waals surface area contributed by atoms with E-state index in [-0.39, 0.29) is 0 Å². The molecule has 0 amide bonds. The van der Waals surface area contributed by atoms with Gasteiger partial charge in [-0.05, 0) is 30.2 Å². The molecule has 0 aliphatic rings. The van der Waals surface area contributed by atoms with Crippen molar-refractivity contribution in [3.05, 3.63) is 72.8 Å². The summed E-state index contributed by atoms with van der Waals surface area (Å²) >= 11 is 0. The Labute approximate surface area is 101 Å². The number of phenolic OH excluding ortho intramolecular Hbond substituents is 2. The molecule has 0 saturated heterocycles. The maximum atomic E-state index is 9.19. The van der Waals surface area contributed by atoms with Crippen LogP contribution in [0, 0.1) is 0 Å². The third-order valence-electron chi connectivity index (χ3n) is 2.11. The van der Waals surface area contributed by atoms with E-state index < -0.39 is 0 Å². The van der Waals surface area contributed by atoms with Gasteiger partial charge >= 0.3 is 0 Å². The zero-order chi connectivity index (χ0) is 12.5. The first-order valence-electron chi connectivity index (χ1n) is 5.36. The van der Waals surface area contributed by atoms with Crippen LogP contribution in [0.3, 0.4) is 0 Å². The molecule has 0 unspecified atom stereocenters. The topological polar surface area (TPSA) is 40.5 Å². The number of hydrogen-bond donors (Lipinski definition) is 2. The number of para-hydroxylation sites is 2. The lowest BCUT2D eigenvalue weighted by atomic mass is 10.1. The van der Waals surface area contributed by atoms with E-state index >= 15 is 0 Å². The Morgan fingerprint density at radius 3 is 1.94 bits per heavy atom. The molecule has 2 N–H and O–H groups in total. The summed E-state index contributed by atoms with van der Waals surface area (Å²) < 4.78 is 0. The Bertz CT molecular complexity index is 449.